The monoisotopic (exact) mass is 338 g/mol. The van der Waals surface area contributed by atoms with E-state index >= 15 is 0 Å². The number of nitrogens with two attached hydrogens (primary N) is 1. The van der Waals surface area contributed by atoms with Crippen molar-refractivity contribution in [3.63, 3.8) is 0 Å². The molecule has 0 saturated heterocycles. The van der Waals surface area contributed by atoms with Crippen molar-refractivity contribution in [1.29, 1.82) is 0 Å². The minimum atomic E-state index is -0.456. The smallest absolute Gasteiger partial charge is 0.339 e. The van der Waals surface area contributed by atoms with Crippen molar-refractivity contribution in [2.24, 2.45) is 0 Å². The highest BCUT2D eigenvalue weighted by Gasteiger charge is 2.14. The van der Waals surface area contributed by atoms with E-state index in [2.05, 4.69) is 26.0 Å². The molecule has 0 aliphatic heterocycles. The van der Waals surface area contributed by atoms with Gasteiger partial charge in [0.05, 0.1) is 5.56 Å². The molecule has 20 heavy (non-hydrogen) atoms. The van der Waals surface area contributed by atoms with Crippen molar-refractivity contribution in [2.75, 3.05) is 5.73 Å². The summed E-state index contributed by atoms with van der Waals surface area (Å²) in [6, 6.07) is 5.14. The van der Waals surface area contributed by atoms with E-state index in [0.717, 1.165) is 0 Å². The summed E-state index contributed by atoms with van der Waals surface area (Å²) in [5, 5.41) is 4.08. The summed E-state index contributed by atoms with van der Waals surface area (Å²) in [6.07, 6.45) is 1.44. The van der Waals surface area contributed by atoms with E-state index in [9.17, 15) is 4.79 Å². The molecule has 1 aromatic heterocycles. The van der Waals surface area contributed by atoms with Crippen molar-refractivity contribution in [3.05, 3.63) is 40.4 Å². The molecule has 0 fully saturated rings. The van der Waals surface area contributed by atoms with Gasteiger partial charge in [0.1, 0.15) is 6.33 Å². The van der Waals surface area contributed by atoms with Crippen LogP contribution in [0.5, 0.6) is 0 Å². The Hall–Kier alpha value is -1.89. The van der Waals surface area contributed by atoms with Gasteiger partial charge in [0.25, 0.3) is 0 Å². The molecule has 0 unspecified atom stereocenters. The Morgan fingerprint density at radius 1 is 1.50 bits per heavy atom. The predicted molar refractivity (Wildman–Crippen MR) is 78.1 cm³/mol. The van der Waals surface area contributed by atoms with E-state index in [1.165, 1.54) is 6.33 Å². The van der Waals surface area contributed by atoms with E-state index in [1.807, 2.05) is 13.8 Å². The molecule has 2 aromatic rings. The molecule has 106 valence electrons. The average molecular weight is 339 g/mol. The number of anilines is 1. The standard InChI is InChI=1S/C13H15BrN4O2/c1-8(2)18-12(16-7-17-18)6-20-13(19)10-5-9(15)3-4-11(10)14/h3-5,7-8H,6,15H2,1-2H3. The van der Waals surface area contributed by atoms with E-state index in [0.29, 0.717) is 21.5 Å². The second-order valence-electron chi connectivity index (χ2n) is 4.53. The zero-order valence-electron chi connectivity index (χ0n) is 11.2. The SMILES string of the molecule is CC(C)n1ncnc1COC(=O)c1cc(N)ccc1Br. The van der Waals surface area contributed by atoms with Crippen LogP contribution >= 0.6 is 15.9 Å². The van der Waals surface area contributed by atoms with Crippen molar-refractivity contribution < 1.29 is 9.53 Å². The van der Waals surface area contributed by atoms with Crippen LogP contribution in [0.3, 0.4) is 0 Å². The number of ether oxygens (including phenoxy) is 1. The molecule has 0 saturated carbocycles. The van der Waals surface area contributed by atoms with Crippen molar-refractivity contribution in [1.82, 2.24) is 14.8 Å². The molecule has 0 aliphatic carbocycles. The van der Waals surface area contributed by atoms with Gasteiger partial charge in [-0.1, -0.05) is 0 Å². The van der Waals surface area contributed by atoms with E-state index in [-0.39, 0.29) is 12.6 Å². The summed E-state index contributed by atoms with van der Waals surface area (Å²) in [6.45, 7) is 4.03. The summed E-state index contributed by atoms with van der Waals surface area (Å²) in [4.78, 5) is 16.1. The van der Waals surface area contributed by atoms with Crippen LogP contribution in [0.2, 0.25) is 0 Å². The minimum absolute atomic E-state index is 0.0677. The van der Waals surface area contributed by atoms with E-state index in [4.69, 9.17) is 10.5 Å². The Balaban J connectivity index is 2.09. The average Bonchev–Trinajstić information content (AvgIpc) is 2.87. The maximum atomic E-state index is 12.0. The summed E-state index contributed by atoms with van der Waals surface area (Å²) < 4.78 is 7.60. The van der Waals surface area contributed by atoms with Crippen LogP contribution in [0.4, 0.5) is 5.69 Å². The number of rotatable bonds is 4. The lowest BCUT2D eigenvalue weighted by atomic mass is 10.2. The summed E-state index contributed by atoms with van der Waals surface area (Å²) >= 11 is 3.30. The maximum Gasteiger partial charge on any atom is 0.339 e. The Labute approximate surface area is 125 Å². The van der Waals surface area contributed by atoms with Gasteiger partial charge in [-0.15, -0.1) is 0 Å². The fraction of sp³-hybridized carbons (Fsp3) is 0.308. The molecule has 0 spiro atoms. The summed E-state index contributed by atoms with van der Waals surface area (Å²) in [5.74, 6) is 0.149. The van der Waals surface area contributed by atoms with E-state index < -0.39 is 5.97 Å². The highest BCUT2D eigenvalue weighted by atomic mass is 79.9. The Morgan fingerprint density at radius 2 is 2.25 bits per heavy atom. The van der Waals surface area contributed by atoms with Gasteiger partial charge in [0.15, 0.2) is 12.4 Å². The normalized spacial score (nSPS) is 10.8. The third-order valence-corrected chi connectivity index (χ3v) is 3.37. The highest BCUT2D eigenvalue weighted by Crippen LogP contribution is 2.20. The van der Waals surface area contributed by atoms with Crippen LogP contribution in [-0.4, -0.2) is 20.7 Å². The molecular formula is C13H15BrN4O2. The Morgan fingerprint density at radius 3 is 2.95 bits per heavy atom. The first-order chi connectivity index (χ1) is 9.49. The molecule has 2 rings (SSSR count). The van der Waals surface area contributed by atoms with E-state index in [1.54, 1.807) is 22.9 Å². The first-order valence-corrected chi connectivity index (χ1v) is 6.89. The number of carbonyl (C=O) groups excluding carboxylic acids is 1. The molecule has 0 radical (unpaired) electrons. The van der Waals surface area contributed by atoms with Crippen LogP contribution in [-0.2, 0) is 11.3 Å². The quantitative estimate of drug-likeness (QED) is 0.684. The van der Waals surface area contributed by atoms with Crippen LogP contribution in [0, 0.1) is 0 Å². The van der Waals surface area contributed by atoms with Gasteiger partial charge in [-0.3, -0.25) is 0 Å². The fourth-order valence-corrected chi connectivity index (χ4v) is 2.12. The Bertz CT molecular complexity index is 625. The summed E-state index contributed by atoms with van der Waals surface area (Å²) in [5.41, 5.74) is 6.56. The van der Waals surface area contributed by atoms with Gasteiger partial charge in [-0.05, 0) is 48.0 Å². The van der Waals surface area contributed by atoms with Gasteiger partial charge in [-0.25, -0.2) is 14.5 Å². The van der Waals surface area contributed by atoms with Crippen molar-refractivity contribution in [3.8, 4) is 0 Å². The molecule has 0 aliphatic rings. The molecular weight excluding hydrogens is 324 g/mol. The maximum absolute atomic E-state index is 12.0. The third-order valence-electron chi connectivity index (χ3n) is 2.68. The van der Waals surface area contributed by atoms with Gasteiger partial charge in [0.2, 0.25) is 0 Å². The van der Waals surface area contributed by atoms with Crippen molar-refractivity contribution in [2.45, 2.75) is 26.5 Å². The van der Waals surface area contributed by atoms with Crippen LogP contribution in [0.15, 0.2) is 29.0 Å². The molecule has 0 atom stereocenters. The van der Waals surface area contributed by atoms with Gasteiger partial charge in [0, 0.05) is 16.2 Å². The minimum Gasteiger partial charge on any atom is -0.454 e. The molecule has 1 heterocycles. The zero-order valence-corrected chi connectivity index (χ0v) is 12.8. The number of nitrogen functional groups attached to an aromatic ring is 1. The second-order valence-corrected chi connectivity index (χ2v) is 5.38. The van der Waals surface area contributed by atoms with Gasteiger partial charge >= 0.3 is 5.97 Å². The van der Waals surface area contributed by atoms with Crippen LogP contribution in [0.1, 0.15) is 36.1 Å². The number of nitrogens with zero attached hydrogens (tertiary/aromatic N) is 3. The van der Waals surface area contributed by atoms with Crippen LogP contribution < -0.4 is 5.73 Å². The van der Waals surface area contributed by atoms with Crippen molar-refractivity contribution >= 4 is 27.6 Å². The summed E-state index contributed by atoms with van der Waals surface area (Å²) in [7, 11) is 0. The number of halogens is 1. The lowest BCUT2D eigenvalue weighted by Crippen LogP contribution is -2.13. The number of aromatic nitrogens is 3. The molecule has 0 bridgehead atoms. The first kappa shape index (κ1) is 14.5. The van der Waals surface area contributed by atoms with Gasteiger partial charge in [-0.2, -0.15) is 5.10 Å². The topological polar surface area (TPSA) is 83.0 Å². The molecule has 2 N–H and O–H groups in total. The highest BCUT2D eigenvalue weighted by molar-refractivity contribution is 9.10. The largest absolute Gasteiger partial charge is 0.454 e. The predicted octanol–water partition coefficient (Wildman–Crippen LogP) is 2.56. The molecule has 6 nitrogen and oxygen atoms in total. The zero-order chi connectivity index (χ0) is 14.7. The number of benzene rings is 1. The molecule has 0 amide bonds. The number of esters is 1. The number of carbonyl (C=O) groups is 1. The number of hydrogen-bond donors (Lipinski definition) is 1. The number of hydrogen-bond acceptors (Lipinski definition) is 5. The first-order valence-electron chi connectivity index (χ1n) is 6.09. The molecule has 1 aromatic carbocycles. The lowest BCUT2D eigenvalue weighted by molar-refractivity contribution is 0.0454. The van der Waals surface area contributed by atoms with Crippen LogP contribution in [0.25, 0.3) is 0 Å². The lowest BCUT2D eigenvalue weighted by Gasteiger charge is -2.10. The third kappa shape index (κ3) is 3.16. The Kier molecular flexibility index (Phi) is 4.39. The second kappa shape index (κ2) is 6.04. The van der Waals surface area contributed by atoms with Gasteiger partial charge < -0.3 is 10.5 Å². The molecule has 7 heteroatoms. The fourth-order valence-electron chi connectivity index (χ4n) is 1.72.